The highest BCUT2D eigenvalue weighted by Gasteiger charge is 2.32. The van der Waals surface area contributed by atoms with Gasteiger partial charge in [-0.25, -0.2) is 0 Å². The predicted octanol–water partition coefficient (Wildman–Crippen LogP) is 1.06. The summed E-state index contributed by atoms with van der Waals surface area (Å²) in [5.74, 6) is 1.77. The normalized spacial score (nSPS) is 25.0. The standard InChI is InChI=1S/C15H30N4O/c1-4-16-15(17-10-13-6-5-9-20-13)18-11-14(19(2)3)12-7-8-12/h12-14H,4-11H2,1-3H3,(H2,16,17,18). The first-order valence-corrected chi connectivity index (χ1v) is 8.01. The van der Waals surface area contributed by atoms with Crippen molar-refractivity contribution in [2.45, 2.75) is 44.8 Å². The van der Waals surface area contributed by atoms with Crippen LogP contribution in [0.15, 0.2) is 4.99 Å². The molecule has 1 saturated heterocycles. The van der Waals surface area contributed by atoms with Gasteiger partial charge in [-0.1, -0.05) is 0 Å². The van der Waals surface area contributed by atoms with Crippen LogP contribution >= 0.6 is 0 Å². The van der Waals surface area contributed by atoms with Gasteiger partial charge in [0.1, 0.15) is 0 Å². The molecule has 0 spiro atoms. The summed E-state index contributed by atoms with van der Waals surface area (Å²) in [4.78, 5) is 7.06. The van der Waals surface area contributed by atoms with Gasteiger partial charge in [-0.15, -0.1) is 0 Å². The van der Waals surface area contributed by atoms with Crippen molar-refractivity contribution in [3.8, 4) is 0 Å². The second-order valence-electron chi connectivity index (χ2n) is 6.10. The molecular formula is C15H30N4O. The summed E-state index contributed by atoms with van der Waals surface area (Å²) in [5, 5.41) is 6.74. The van der Waals surface area contributed by atoms with Gasteiger partial charge in [0.2, 0.25) is 0 Å². The first-order valence-electron chi connectivity index (χ1n) is 8.01. The maximum atomic E-state index is 5.64. The van der Waals surface area contributed by atoms with Crippen LogP contribution in [0.4, 0.5) is 0 Å². The van der Waals surface area contributed by atoms with Gasteiger partial charge in [0.05, 0.1) is 12.6 Å². The van der Waals surface area contributed by atoms with Crippen molar-refractivity contribution in [1.29, 1.82) is 0 Å². The van der Waals surface area contributed by atoms with Gasteiger partial charge in [0.15, 0.2) is 5.96 Å². The Hall–Kier alpha value is -0.810. The Labute approximate surface area is 123 Å². The first kappa shape index (κ1) is 15.6. The average Bonchev–Trinajstić information content (AvgIpc) is 3.11. The Morgan fingerprint density at radius 2 is 2.10 bits per heavy atom. The minimum absolute atomic E-state index is 0.354. The molecule has 0 aromatic carbocycles. The third-order valence-electron chi connectivity index (χ3n) is 4.13. The Balaban J connectivity index is 1.80. The van der Waals surface area contributed by atoms with Crippen molar-refractivity contribution in [3.63, 3.8) is 0 Å². The van der Waals surface area contributed by atoms with Gasteiger partial charge in [-0.05, 0) is 52.6 Å². The lowest BCUT2D eigenvalue weighted by Gasteiger charge is -2.23. The van der Waals surface area contributed by atoms with Crippen molar-refractivity contribution in [2.24, 2.45) is 10.9 Å². The second kappa shape index (κ2) is 7.84. The lowest BCUT2D eigenvalue weighted by molar-refractivity contribution is 0.113. The molecule has 1 saturated carbocycles. The molecule has 2 atom stereocenters. The quantitative estimate of drug-likeness (QED) is 0.541. The molecule has 1 aliphatic carbocycles. The van der Waals surface area contributed by atoms with Crippen LogP contribution in [0.3, 0.4) is 0 Å². The molecule has 0 bridgehead atoms. The summed E-state index contributed by atoms with van der Waals surface area (Å²) >= 11 is 0. The van der Waals surface area contributed by atoms with Crippen molar-refractivity contribution in [3.05, 3.63) is 0 Å². The Kier molecular flexibility index (Phi) is 6.10. The van der Waals surface area contributed by atoms with Gasteiger partial charge in [0.25, 0.3) is 0 Å². The molecule has 2 fully saturated rings. The van der Waals surface area contributed by atoms with E-state index in [1.807, 2.05) is 0 Å². The molecule has 0 amide bonds. The summed E-state index contributed by atoms with van der Waals surface area (Å²) in [6, 6.07) is 0.577. The van der Waals surface area contributed by atoms with Gasteiger partial charge in [-0.2, -0.15) is 0 Å². The van der Waals surface area contributed by atoms with E-state index in [1.54, 1.807) is 0 Å². The zero-order valence-corrected chi connectivity index (χ0v) is 13.2. The Morgan fingerprint density at radius 1 is 1.30 bits per heavy atom. The van der Waals surface area contributed by atoms with Crippen LogP contribution < -0.4 is 10.6 Å². The second-order valence-corrected chi connectivity index (χ2v) is 6.10. The molecule has 5 heteroatoms. The molecular weight excluding hydrogens is 252 g/mol. The highest BCUT2D eigenvalue weighted by Crippen LogP contribution is 2.34. The minimum atomic E-state index is 0.354. The van der Waals surface area contributed by atoms with Crippen LogP contribution in [0, 0.1) is 5.92 Å². The average molecular weight is 282 g/mol. The number of guanidine groups is 1. The van der Waals surface area contributed by atoms with Crippen LogP contribution in [0.5, 0.6) is 0 Å². The molecule has 5 nitrogen and oxygen atoms in total. The third kappa shape index (κ3) is 4.94. The van der Waals surface area contributed by atoms with E-state index in [0.717, 1.165) is 44.5 Å². The maximum Gasteiger partial charge on any atom is 0.191 e. The molecule has 1 heterocycles. The molecule has 0 radical (unpaired) electrons. The number of rotatable bonds is 7. The molecule has 2 rings (SSSR count). The van der Waals surface area contributed by atoms with E-state index < -0.39 is 0 Å². The zero-order chi connectivity index (χ0) is 14.4. The van der Waals surface area contributed by atoms with Gasteiger partial charge < -0.3 is 20.3 Å². The predicted molar refractivity (Wildman–Crippen MR) is 83.2 cm³/mol. The molecule has 1 aliphatic heterocycles. The molecule has 2 N–H and O–H groups in total. The van der Waals surface area contributed by atoms with E-state index in [0.29, 0.717) is 12.1 Å². The SMILES string of the molecule is CCNC(=NCC(C1CC1)N(C)C)NCC1CCCO1. The number of nitrogens with one attached hydrogen (secondary N) is 2. The monoisotopic (exact) mass is 282 g/mol. The Morgan fingerprint density at radius 3 is 2.65 bits per heavy atom. The minimum Gasteiger partial charge on any atom is -0.376 e. The number of hydrogen-bond acceptors (Lipinski definition) is 3. The van der Waals surface area contributed by atoms with Crippen molar-refractivity contribution < 1.29 is 4.74 Å². The van der Waals surface area contributed by atoms with Gasteiger partial charge in [-0.3, -0.25) is 4.99 Å². The Bertz CT molecular complexity index is 307. The summed E-state index contributed by atoms with van der Waals surface area (Å²) < 4.78 is 5.64. The smallest absolute Gasteiger partial charge is 0.191 e. The van der Waals surface area contributed by atoms with E-state index in [9.17, 15) is 0 Å². The number of ether oxygens (including phenoxy) is 1. The molecule has 20 heavy (non-hydrogen) atoms. The zero-order valence-electron chi connectivity index (χ0n) is 13.2. The third-order valence-corrected chi connectivity index (χ3v) is 4.13. The topological polar surface area (TPSA) is 48.9 Å². The van der Waals surface area contributed by atoms with Crippen molar-refractivity contribution in [2.75, 3.05) is 40.3 Å². The number of likely N-dealkylation sites (N-methyl/N-ethyl adjacent to an activating group) is 1. The van der Waals surface area contributed by atoms with E-state index >= 15 is 0 Å². The molecule has 0 aromatic heterocycles. The highest BCUT2D eigenvalue weighted by molar-refractivity contribution is 5.79. The van der Waals surface area contributed by atoms with Crippen LogP contribution in [-0.4, -0.2) is 63.3 Å². The van der Waals surface area contributed by atoms with Crippen LogP contribution in [0.1, 0.15) is 32.6 Å². The lowest BCUT2D eigenvalue weighted by Crippen LogP contribution is -2.42. The van der Waals surface area contributed by atoms with Crippen molar-refractivity contribution in [1.82, 2.24) is 15.5 Å². The fourth-order valence-electron chi connectivity index (χ4n) is 2.76. The van der Waals surface area contributed by atoms with Crippen LogP contribution in [-0.2, 0) is 4.74 Å². The summed E-state index contributed by atoms with van der Waals surface area (Å²) in [6.07, 6.45) is 5.42. The van der Waals surface area contributed by atoms with E-state index in [2.05, 4.69) is 36.6 Å². The molecule has 0 aromatic rings. The number of nitrogens with zero attached hydrogens (tertiary/aromatic N) is 2. The maximum absolute atomic E-state index is 5.64. The number of aliphatic imine (C=N–C) groups is 1. The molecule has 116 valence electrons. The highest BCUT2D eigenvalue weighted by atomic mass is 16.5. The first-order chi connectivity index (χ1) is 9.70. The summed E-state index contributed by atoms with van der Waals surface area (Å²) in [7, 11) is 4.32. The summed E-state index contributed by atoms with van der Waals surface area (Å²) in [6.45, 7) is 5.64. The molecule has 2 aliphatic rings. The summed E-state index contributed by atoms with van der Waals surface area (Å²) in [5.41, 5.74) is 0. The number of hydrogen-bond donors (Lipinski definition) is 2. The van der Waals surface area contributed by atoms with E-state index in [-0.39, 0.29) is 0 Å². The van der Waals surface area contributed by atoms with Gasteiger partial charge in [0, 0.05) is 25.7 Å². The van der Waals surface area contributed by atoms with Crippen molar-refractivity contribution >= 4 is 5.96 Å². The van der Waals surface area contributed by atoms with Gasteiger partial charge >= 0.3 is 0 Å². The van der Waals surface area contributed by atoms with Crippen LogP contribution in [0.25, 0.3) is 0 Å². The van der Waals surface area contributed by atoms with E-state index in [4.69, 9.17) is 9.73 Å². The lowest BCUT2D eigenvalue weighted by atomic mass is 10.2. The fraction of sp³-hybridized carbons (Fsp3) is 0.933. The fourth-order valence-corrected chi connectivity index (χ4v) is 2.76. The van der Waals surface area contributed by atoms with E-state index in [1.165, 1.54) is 19.3 Å². The largest absolute Gasteiger partial charge is 0.376 e. The van der Waals surface area contributed by atoms with Crippen LogP contribution in [0.2, 0.25) is 0 Å². The molecule has 2 unspecified atom stereocenters.